The maximum absolute atomic E-state index is 13.0. The number of nitrogens with zero attached hydrogens (tertiary/aromatic N) is 2. The predicted molar refractivity (Wildman–Crippen MR) is 102 cm³/mol. The Morgan fingerprint density at radius 2 is 1.92 bits per heavy atom. The number of rotatable bonds is 3. The number of amides is 3. The minimum atomic E-state index is -0.625. The van der Waals surface area contributed by atoms with E-state index < -0.39 is 6.03 Å². The second-order valence-corrected chi connectivity index (χ2v) is 7.31. The Balaban J connectivity index is 1.57. The van der Waals surface area contributed by atoms with Crippen LogP contribution in [0.1, 0.15) is 34.2 Å². The second-order valence-electron chi connectivity index (χ2n) is 6.24. The first kappa shape index (κ1) is 16.5. The summed E-state index contributed by atoms with van der Waals surface area (Å²) in [6, 6.07) is 14.2. The van der Waals surface area contributed by atoms with Crippen LogP contribution in [0.4, 0.5) is 10.5 Å². The molecule has 0 spiro atoms. The normalized spacial score (nSPS) is 16.8. The largest absolute Gasteiger partial charge is 0.351 e. The maximum Gasteiger partial charge on any atom is 0.316 e. The van der Waals surface area contributed by atoms with Gasteiger partial charge in [0.25, 0.3) is 5.91 Å². The lowest BCUT2D eigenvalue weighted by atomic mass is 10.1. The predicted octanol–water partition coefficient (Wildman–Crippen LogP) is 3.76. The molecule has 2 heterocycles. The number of hydrogen-bond acceptors (Lipinski definition) is 4. The number of aromatic nitrogens is 1. The van der Waals surface area contributed by atoms with Crippen molar-refractivity contribution in [3.05, 3.63) is 59.1 Å². The molecule has 26 heavy (non-hydrogen) atoms. The van der Waals surface area contributed by atoms with Gasteiger partial charge in [-0.2, -0.15) is 0 Å². The number of anilines is 1. The number of benzene rings is 2. The van der Waals surface area contributed by atoms with Crippen molar-refractivity contribution in [1.29, 1.82) is 0 Å². The smallest absolute Gasteiger partial charge is 0.316 e. The first-order valence-corrected chi connectivity index (χ1v) is 9.26. The van der Waals surface area contributed by atoms with E-state index in [4.69, 9.17) is 10.7 Å². The van der Waals surface area contributed by atoms with Crippen molar-refractivity contribution in [3.8, 4) is 0 Å². The zero-order chi connectivity index (χ0) is 18.1. The van der Waals surface area contributed by atoms with Crippen LogP contribution in [0.3, 0.4) is 0 Å². The average molecular weight is 366 g/mol. The van der Waals surface area contributed by atoms with Gasteiger partial charge in [-0.25, -0.2) is 9.78 Å². The van der Waals surface area contributed by atoms with Gasteiger partial charge in [0.1, 0.15) is 5.01 Å². The van der Waals surface area contributed by atoms with E-state index in [0.29, 0.717) is 11.3 Å². The summed E-state index contributed by atoms with van der Waals surface area (Å²) in [4.78, 5) is 30.5. The summed E-state index contributed by atoms with van der Waals surface area (Å²) in [5, 5.41) is 3.49. The number of para-hydroxylation sites is 1. The summed E-state index contributed by atoms with van der Waals surface area (Å²) in [6.07, 6.45) is 1.89. The van der Waals surface area contributed by atoms with Crippen molar-refractivity contribution in [2.75, 3.05) is 11.9 Å². The third-order valence-corrected chi connectivity index (χ3v) is 5.65. The van der Waals surface area contributed by atoms with Gasteiger partial charge in [-0.3, -0.25) is 4.79 Å². The van der Waals surface area contributed by atoms with Gasteiger partial charge < -0.3 is 16.0 Å². The number of likely N-dealkylation sites (tertiary alicyclic amines) is 1. The topological polar surface area (TPSA) is 88.3 Å². The van der Waals surface area contributed by atoms with Crippen LogP contribution < -0.4 is 11.1 Å². The Morgan fingerprint density at radius 3 is 2.65 bits per heavy atom. The number of nitrogens with two attached hydrogens (primary N) is 1. The molecular weight excluding hydrogens is 348 g/mol. The van der Waals surface area contributed by atoms with Gasteiger partial charge in [-0.15, -0.1) is 11.3 Å². The summed E-state index contributed by atoms with van der Waals surface area (Å²) in [5.41, 5.74) is 7.24. The van der Waals surface area contributed by atoms with Crippen molar-refractivity contribution in [3.63, 3.8) is 0 Å². The molecule has 4 rings (SSSR count). The van der Waals surface area contributed by atoms with Crippen molar-refractivity contribution >= 4 is 39.2 Å². The van der Waals surface area contributed by atoms with Crippen molar-refractivity contribution < 1.29 is 9.59 Å². The monoisotopic (exact) mass is 366 g/mol. The number of urea groups is 1. The Kier molecular flexibility index (Phi) is 4.30. The molecule has 3 N–H and O–H groups in total. The third kappa shape index (κ3) is 3.13. The highest BCUT2D eigenvalue weighted by Crippen LogP contribution is 2.37. The van der Waals surface area contributed by atoms with Gasteiger partial charge in [0.2, 0.25) is 0 Å². The highest BCUT2D eigenvalue weighted by Gasteiger charge is 2.32. The molecular formula is C19H18N4O2S. The Labute approximate surface area is 154 Å². The molecule has 0 aliphatic carbocycles. The van der Waals surface area contributed by atoms with Crippen molar-refractivity contribution in [2.24, 2.45) is 5.73 Å². The molecule has 7 heteroatoms. The van der Waals surface area contributed by atoms with Crippen LogP contribution >= 0.6 is 11.3 Å². The molecule has 1 fully saturated rings. The molecule has 6 nitrogen and oxygen atoms in total. The van der Waals surface area contributed by atoms with Crippen LogP contribution in [0.5, 0.6) is 0 Å². The first-order valence-electron chi connectivity index (χ1n) is 8.45. The lowest BCUT2D eigenvalue weighted by Gasteiger charge is -2.23. The molecule has 0 radical (unpaired) electrons. The van der Waals surface area contributed by atoms with Gasteiger partial charge in [-0.1, -0.05) is 12.1 Å². The molecule has 1 aromatic heterocycles. The minimum absolute atomic E-state index is 0.0163. The number of hydrogen-bond donors (Lipinski definition) is 2. The van der Waals surface area contributed by atoms with E-state index >= 15 is 0 Å². The van der Waals surface area contributed by atoms with E-state index in [1.165, 1.54) is 0 Å². The SMILES string of the molecule is NC(=O)Nc1ccc(C(=O)N2CCCC2c2nc3ccccc3s2)cc1. The van der Waals surface area contributed by atoms with Crippen LogP contribution in [-0.2, 0) is 0 Å². The summed E-state index contributed by atoms with van der Waals surface area (Å²) >= 11 is 1.65. The van der Waals surface area contributed by atoms with Crippen molar-refractivity contribution in [1.82, 2.24) is 9.88 Å². The fourth-order valence-corrected chi connectivity index (χ4v) is 4.42. The Bertz CT molecular complexity index is 934. The summed E-state index contributed by atoms with van der Waals surface area (Å²) < 4.78 is 1.14. The van der Waals surface area contributed by atoms with Crippen LogP contribution in [-0.4, -0.2) is 28.4 Å². The standard InChI is InChI=1S/C19H18N4O2S/c20-19(25)21-13-9-7-12(8-10-13)18(24)23-11-3-5-15(23)17-22-14-4-1-2-6-16(14)26-17/h1-2,4,6-10,15H,3,5,11H2,(H3,20,21,25). The molecule has 0 bridgehead atoms. The molecule has 3 aromatic rings. The van der Waals surface area contributed by atoms with E-state index in [9.17, 15) is 9.59 Å². The fourth-order valence-electron chi connectivity index (χ4n) is 3.30. The second kappa shape index (κ2) is 6.76. The van der Waals surface area contributed by atoms with Crippen LogP contribution in [0.15, 0.2) is 48.5 Å². The number of fused-ring (bicyclic) bond motifs is 1. The first-order chi connectivity index (χ1) is 12.6. The van der Waals surface area contributed by atoms with E-state index in [-0.39, 0.29) is 11.9 Å². The summed E-state index contributed by atoms with van der Waals surface area (Å²) in [6.45, 7) is 0.723. The van der Waals surface area contributed by atoms with E-state index in [2.05, 4.69) is 11.4 Å². The van der Waals surface area contributed by atoms with Gasteiger partial charge in [0.15, 0.2) is 0 Å². The Hall–Kier alpha value is -2.93. The van der Waals surface area contributed by atoms with E-state index in [1.54, 1.807) is 35.6 Å². The molecule has 1 unspecified atom stereocenters. The van der Waals surface area contributed by atoms with Gasteiger partial charge >= 0.3 is 6.03 Å². The molecule has 1 aliphatic rings. The van der Waals surface area contributed by atoms with Crippen LogP contribution in [0.2, 0.25) is 0 Å². The maximum atomic E-state index is 13.0. The van der Waals surface area contributed by atoms with Crippen molar-refractivity contribution in [2.45, 2.75) is 18.9 Å². The molecule has 132 valence electrons. The highest BCUT2D eigenvalue weighted by molar-refractivity contribution is 7.18. The molecule has 1 aliphatic heterocycles. The quantitative estimate of drug-likeness (QED) is 0.740. The van der Waals surface area contributed by atoms with E-state index in [0.717, 1.165) is 34.6 Å². The highest BCUT2D eigenvalue weighted by atomic mass is 32.1. The number of carbonyl (C=O) groups excluding carboxylic acids is 2. The zero-order valence-electron chi connectivity index (χ0n) is 14.0. The molecule has 1 saturated heterocycles. The lowest BCUT2D eigenvalue weighted by Crippen LogP contribution is -2.30. The van der Waals surface area contributed by atoms with Gasteiger partial charge in [0, 0.05) is 17.8 Å². The van der Waals surface area contributed by atoms with Crippen LogP contribution in [0.25, 0.3) is 10.2 Å². The fraction of sp³-hybridized carbons (Fsp3) is 0.211. The number of thiazole rings is 1. The summed E-state index contributed by atoms with van der Waals surface area (Å²) in [7, 11) is 0. The number of primary amides is 1. The van der Waals surface area contributed by atoms with Gasteiger partial charge in [0.05, 0.1) is 16.3 Å². The summed E-state index contributed by atoms with van der Waals surface area (Å²) in [5.74, 6) is -0.0163. The lowest BCUT2D eigenvalue weighted by molar-refractivity contribution is 0.0735. The minimum Gasteiger partial charge on any atom is -0.351 e. The number of carbonyl (C=O) groups is 2. The molecule has 2 aromatic carbocycles. The average Bonchev–Trinajstić information content (AvgIpc) is 3.27. The molecule has 0 saturated carbocycles. The molecule has 1 atom stereocenters. The Morgan fingerprint density at radius 1 is 1.15 bits per heavy atom. The zero-order valence-corrected chi connectivity index (χ0v) is 14.8. The van der Waals surface area contributed by atoms with Gasteiger partial charge in [-0.05, 0) is 49.2 Å². The number of nitrogens with one attached hydrogen (secondary N) is 1. The van der Waals surface area contributed by atoms with Crippen LogP contribution in [0, 0.1) is 0 Å². The third-order valence-electron chi connectivity index (χ3n) is 4.51. The molecule has 3 amide bonds. The van der Waals surface area contributed by atoms with E-state index in [1.807, 2.05) is 23.1 Å².